The van der Waals surface area contributed by atoms with Gasteiger partial charge in [-0.1, -0.05) is 0 Å². The van der Waals surface area contributed by atoms with Crippen LogP contribution in [0.25, 0.3) is 5.69 Å². The molecule has 2 aromatic carbocycles. The van der Waals surface area contributed by atoms with Crippen molar-refractivity contribution in [3.8, 4) is 5.69 Å². The first-order valence-electron chi connectivity index (χ1n) is 8.34. The number of nitrogens with zero attached hydrogens (tertiary/aromatic N) is 1. The Kier molecular flexibility index (Phi) is 5.24. The lowest BCUT2D eigenvalue weighted by molar-refractivity contribution is 0.0688. The molecule has 0 saturated carbocycles. The molecule has 10 heteroatoms. The Morgan fingerprint density at radius 3 is 2.14 bits per heavy atom. The number of benzene rings is 2. The standard InChI is InChI=1S/C19H18N2O6S2/c1-13-12-14(5-10-17(13)21-11-3-4-18(21)19(22)23)20-29(26,27)16-8-6-15(7-9-16)28(2,24)25/h3-12,20H,1-2H3,(H,22,23). The van der Waals surface area contributed by atoms with E-state index in [9.17, 15) is 26.7 Å². The SMILES string of the molecule is Cc1cc(NS(=O)(=O)c2ccc(S(C)(=O)=O)cc2)ccc1-n1cccc1C(=O)O. The minimum atomic E-state index is -3.93. The van der Waals surface area contributed by atoms with Crippen LogP contribution >= 0.6 is 0 Å². The molecule has 0 radical (unpaired) electrons. The number of rotatable bonds is 6. The average molecular weight is 434 g/mol. The summed E-state index contributed by atoms with van der Waals surface area (Å²) in [4.78, 5) is 11.3. The summed E-state index contributed by atoms with van der Waals surface area (Å²) in [5, 5.41) is 9.26. The number of hydrogen-bond acceptors (Lipinski definition) is 5. The van der Waals surface area contributed by atoms with E-state index in [0.717, 1.165) is 6.26 Å². The highest BCUT2D eigenvalue weighted by Gasteiger charge is 2.17. The van der Waals surface area contributed by atoms with Crippen molar-refractivity contribution in [3.05, 3.63) is 72.1 Å². The fraction of sp³-hybridized carbons (Fsp3) is 0.105. The molecule has 0 bridgehead atoms. The lowest BCUT2D eigenvalue weighted by atomic mass is 10.1. The first-order chi connectivity index (χ1) is 13.5. The summed E-state index contributed by atoms with van der Waals surface area (Å²) in [5.74, 6) is -1.07. The number of sulfone groups is 1. The Hall–Kier alpha value is -3.11. The second-order valence-electron chi connectivity index (χ2n) is 6.42. The predicted octanol–water partition coefficient (Wildman–Crippen LogP) is 2.69. The van der Waals surface area contributed by atoms with Gasteiger partial charge in [0.2, 0.25) is 0 Å². The number of hydrogen-bond donors (Lipinski definition) is 2. The second-order valence-corrected chi connectivity index (χ2v) is 10.1. The molecule has 8 nitrogen and oxygen atoms in total. The van der Waals surface area contributed by atoms with E-state index in [1.54, 1.807) is 31.3 Å². The number of aromatic carboxylic acids is 1. The number of aryl methyl sites for hydroxylation is 1. The van der Waals surface area contributed by atoms with E-state index >= 15 is 0 Å². The van der Waals surface area contributed by atoms with Crippen LogP contribution in [0.15, 0.2) is 70.6 Å². The highest BCUT2D eigenvalue weighted by atomic mass is 32.2. The molecular formula is C19H18N2O6S2. The van der Waals surface area contributed by atoms with Gasteiger partial charge in [0.25, 0.3) is 10.0 Å². The Labute approximate surface area is 168 Å². The van der Waals surface area contributed by atoms with Crippen molar-refractivity contribution in [1.82, 2.24) is 4.57 Å². The van der Waals surface area contributed by atoms with E-state index in [2.05, 4.69) is 4.72 Å². The van der Waals surface area contributed by atoms with Gasteiger partial charge in [-0.2, -0.15) is 0 Å². The monoisotopic (exact) mass is 434 g/mol. The van der Waals surface area contributed by atoms with Gasteiger partial charge in [0.1, 0.15) is 5.69 Å². The zero-order valence-electron chi connectivity index (χ0n) is 15.5. The van der Waals surface area contributed by atoms with Gasteiger partial charge < -0.3 is 9.67 Å². The van der Waals surface area contributed by atoms with Crippen LogP contribution in [0.4, 0.5) is 5.69 Å². The zero-order chi connectivity index (χ0) is 21.4. The van der Waals surface area contributed by atoms with Crippen molar-refractivity contribution in [3.63, 3.8) is 0 Å². The normalized spacial score (nSPS) is 11.9. The van der Waals surface area contributed by atoms with Crippen LogP contribution in [0.2, 0.25) is 0 Å². The van der Waals surface area contributed by atoms with Gasteiger partial charge in [0.15, 0.2) is 9.84 Å². The van der Waals surface area contributed by atoms with Crippen LogP contribution < -0.4 is 4.72 Å². The van der Waals surface area contributed by atoms with Crippen LogP contribution in [-0.2, 0) is 19.9 Å². The van der Waals surface area contributed by atoms with Crippen molar-refractivity contribution >= 4 is 31.5 Å². The Morgan fingerprint density at radius 2 is 1.59 bits per heavy atom. The minimum absolute atomic E-state index is 0.0256. The molecule has 152 valence electrons. The van der Waals surface area contributed by atoms with E-state index < -0.39 is 25.8 Å². The molecule has 0 aliphatic heterocycles. The third kappa shape index (κ3) is 4.33. The van der Waals surface area contributed by atoms with Crippen LogP contribution in [-0.4, -0.2) is 38.7 Å². The number of anilines is 1. The Balaban J connectivity index is 1.89. The van der Waals surface area contributed by atoms with Crippen LogP contribution in [0, 0.1) is 6.92 Å². The molecule has 3 aromatic rings. The molecule has 0 atom stereocenters. The van der Waals surface area contributed by atoms with Gasteiger partial charge in [-0.25, -0.2) is 21.6 Å². The molecule has 0 unspecified atom stereocenters. The first-order valence-corrected chi connectivity index (χ1v) is 11.7. The third-order valence-corrected chi connectivity index (χ3v) is 6.76. The Bertz CT molecular complexity index is 1290. The van der Waals surface area contributed by atoms with Crippen molar-refractivity contribution in [2.75, 3.05) is 11.0 Å². The molecule has 2 N–H and O–H groups in total. The molecule has 1 aromatic heterocycles. The van der Waals surface area contributed by atoms with Gasteiger partial charge >= 0.3 is 5.97 Å². The van der Waals surface area contributed by atoms with Gasteiger partial charge in [-0.05, 0) is 67.1 Å². The lowest BCUT2D eigenvalue weighted by Gasteiger charge is -2.13. The van der Waals surface area contributed by atoms with Crippen molar-refractivity contribution < 1.29 is 26.7 Å². The summed E-state index contributed by atoms with van der Waals surface area (Å²) in [6.45, 7) is 1.74. The van der Waals surface area contributed by atoms with Crippen LogP contribution in [0.5, 0.6) is 0 Å². The molecule has 0 fully saturated rings. The molecule has 0 spiro atoms. The predicted molar refractivity (Wildman–Crippen MR) is 108 cm³/mol. The van der Waals surface area contributed by atoms with E-state index in [0.29, 0.717) is 16.9 Å². The molecule has 0 amide bonds. The maximum Gasteiger partial charge on any atom is 0.352 e. The highest BCUT2D eigenvalue weighted by Crippen LogP contribution is 2.24. The maximum absolute atomic E-state index is 12.6. The van der Waals surface area contributed by atoms with E-state index in [1.807, 2.05) is 0 Å². The smallest absolute Gasteiger partial charge is 0.352 e. The minimum Gasteiger partial charge on any atom is -0.477 e. The fourth-order valence-electron chi connectivity index (χ4n) is 2.83. The topological polar surface area (TPSA) is 123 Å². The van der Waals surface area contributed by atoms with Crippen LogP contribution in [0.3, 0.4) is 0 Å². The molecule has 0 aliphatic rings. The van der Waals surface area contributed by atoms with Gasteiger partial charge in [0, 0.05) is 23.8 Å². The quantitative estimate of drug-likeness (QED) is 0.615. The van der Waals surface area contributed by atoms with Gasteiger partial charge in [-0.3, -0.25) is 4.72 Å². The zero-order valence-corrected chi connectivity index (χ0v) is 17.2. The number of aromatic nitrogens is 1. The number of carboxylic acid groups (broad SMARTS) is 1. The van der Waals surface area contributed by atoms with E-state index in [-0.39, 0.29) is 15.5 Å². The van der Waals surface area contributed by atoms with Gasteiger partial charge in [-0.15, -0.1) is 0 Å². The van der Waals surface area contributed by atoms with E-state index in [4.69, 9.17) is 0 Å². The number of nitrogens with one attached hydrogen (secondary N) is 1. The summed E-state index contributed by atoms with van der Waals surface area (Å²) >= 11 is 0. The van der Waals surface area contributed by atoms with Crippen molar-refractivity contribution in [2.24, 2.45) is 0 Å². The summed E-state index contributed by atoms with van der Waals surface area (Å²) in [5.41, 5.74) is 1.65. The highest BCUT2D eigenvalue weighted by molar-refractivity contribution is 7.92. The summed E-state index contributed by atoms with van der Waals surface area (Å²) in [6.07, 6.45) is 2.65. The Morgan fingerprint density at radius 1 is 0.966 bits per heavy atom. The molecule has 3 rings (SSSR count). The number of sulfonamides is 1. The summed E-state index contributed by atoms with van der Waals surface area (Å²) in [6, 6.07) is 12.7. The number of carboxylic acids is 1. The molecular weight excluding hydrogens is 416 g/mol. The van der Waals surface area contributed by atoms with Crippen molar-refractivity contribution in [2.45, 2.75) is 16.7 Å². The molecule has 0 aliphatic carbocycles. The van der Waals surface area contributed by atoms with Crippen molar-refractivity contribution in [1.29, 1.82) is 0 Å². The average Bonchev–Trinajstić information content (AvgIpc) is 3.10. The first kappa shape index (κ1) is 20.6. The summed E-state index contributed by atoms with van der Waals surface area (Å²) in [7, 11) is -7.35. The maximum atomic E-state index is 12.6. The largest absolute Gasteiger partial charge is 0.477 e. The van der Waals surface area contributed by atoms with E-state index in [1.165, 1.54) is 41.0 Å². The number of carbonyl (C=O) groups is 1. The molecule has 0 saturated heterocycles. The molecule has 29 heavy (non-hydrogen) atoms. The lowest BCUT2D eigenvalue weighted by Crippen LogP contribution is -2.14. The molecule has 1 heterocycles. The van der Waals surface area contributed by atoms with Crippen LogP contribution in [0.1, 0.15) is 16.1 Å². The third-order valence-electron chi connectivity index (χ3n) is 4.24. The van der Waals surface area contributed by atoms with Gasteiger partial charge in [0.05, 0.1) is 9.79 Å². The second kappa shape index (κ2) is 7.37. The fourth-order valence-corrected chi connectivity index (χ4v) is 4.51. The summed E-state index contributed by atoms with van der Waals surface area (Å²) < 4.78 is 52.1.